The Hall–Kier alpha value is -5.86. The van der Waals surface area contributed by atoms with Crippen molar-refractivity contribution in [2.45, 2.75) is 92.3 Å². The number of aryl methyl sites for hydroxylation is 6. The summed E-state index contributed by atoms with van der Waals surface area (Å²) in [5.74, 6) is 1.52. The molecule has 0 atom stereocenters. The van der Waals surface area contributed by atoms with Gasteiger partial charge in [0.25, 0.3) is 0 Å². The van der Waals surface area contributed by atoms with Crippen LogP contribution in [0.1, 0.15) is 73.0 Å². The molecular formula is C55H64FN7O4S. The highest BCUT2D eigenvalue weighted by Gasteiger charge is 2.19. The summed E-state index contributed by atoms with van der Waals surface area (Å²) < 4.78 is 36.8. The Morgan fingerprint density at radius 1 is 0.809 bits per heavy atom. The molecule has 0 aliphatic carbocycles. The Morgan fingerprint density at radius 2 is 1.63 bits per heavy atom. The lowest BCUT2D eigenvalue weighted by Crippen LogP contribution is -2.38. The molecule has 356 valence electrons. The van der Waals surface area contributed by atoms with E-state index < -0.39 is 5.82 Å². The average molecular weight is 938 g/mol. The number of nitrogens with one attached hydrogen (secondary N) is 2. The Bertz CT molecular complexity index is 2980. The van der Waals surface area contributed by atoms with E-state index in [9.17, 15) is 4.79 Å². The second-order valence-corrected chi connectivity index (χ2v) is 19.1. The van der Waals surface area contributed by atoms with Gasteiger partial charge in [-0.1, -0.05) is 48.3 Å². The predicted molar refractivity (Wildman–Crippen MR) is 272 cm³/mol. The molecule has 0 radical (unpaired) electrons. The van der Waals surface area contributed by atoms with Crippen LogP contribution in [0, 0.1) is 26.6 Å². The number of carbonyl (C=O) groups excluding carboxylic acids is 1. The summed E-state index contributed by atoms with van der Waals surface area (Å²) in [4.78, 5) is 21.4. The van der Waals surface area contributed by atoms with E-state index in [1.165, 1.54) is 43.4 Å². The van der Waals surface area contributed by atoms with Crippen LogP contribution < -0.4 is 15.4 Å². The number of nitrogens with zero attached hydrogens (tertiary/aromatic N) is 5. The smallest absolute Gasteiger partial charge is 0.220 e. The number of benzene rings is 4. The highest BCUT2D eigenvalue weighted by Crippen LogP contribution is 2.35. The van der Waals surface area contributed by atoms with Crippen LogP contribution in [0.5, 0.6) is 5.75 Å². The van der Waals surface area contributed by atoms with Gasteiger partial charge in [0.05, 0.1) is 36.5 Å². The largest absolute Gasteiger partial charge is 0.489 e. The average Bonchev–Trinajstić information content (AvgIpc) is 4.12. The number of thiophene rings is 1. The summed E-state index contributed by atoms with van der Waals surface area (Å²) in [5, 5.41) is 15.5. The number of morpholine rings is 1. The quantitative estimate of drug-likeness (QED) is 0.0647. The Balaban J connectivity index is 0.680. The van der Waals surface area contributed by atoms with Crippen molar-refractivity contribution in [2.24, 2.45) is 0 Å². The second-order valence-electron chi connectivity index (χ2n) is 18.2. The molecule has 8 aromatic rings. The molecule has 4 aromatic carbocycles. The molecule has 11 nitrogen and oxygen atoms in total. The van der Waals surface area contributed by atoms with Crippen LogP contribution >= 0.6 is 11.3 Å². The molecule has 1 amide bonds. The molecule has 2 N–H and O–H groups in total. The Labute approximate surface area is 402 Å². The van der Waals surface area contributed by atoms with Gasteiger partial charge in [-0.05, 0) is 135 Å². The van der Waals surface area contributed by atoms with Crippen molar-refractivity contribution >= 4 is 50.1 Å². The number of halogens is 1. The van der Waals surface area contributed by atoms with E-state index in [2.05, 4.69) is 110 Å². The highest BCUT2D eigenvalue weighted by molar-refractivity contribution is 7.13. The van der Waals surface area contributed by atoms with Crippen molar-refractivity contribution in [3.05, 3.63) is 124 Å². The van der Waals surface area contributed by atoms with Crippen LogP contribution in [-0.2, 0) is 42.0 Å². The molecule has 9 rings (SSSR count). The first-order valence-corrected chi connectivity index (χ1v) is 25.3. The monoisotopic (exact) mass is 937 g/mol. The molecule has 1 aliphatic heterocycles. The first-order chi connectivity index (χ1) is 33.2. The first-order valence-electron chi connectivity index (χ1n) is 24.4. The molecule has 13 heteroatoms. The normalized spacial score (nSPS) is 13.4. The third-order valence-corrected chi connectivity index (χ3v) is 14.4. The molecule has 0 saturated carbocycles. The van der Waals surface area contributed by atoms with Gasteiger partial charge >= 0.3 is 0 Å². The van der Waals surface area contributed by atoms with E-state index in [4.69, 9.17) is 19.0 Å². The maximum absolute atomic E-state index is 15.3. The van der Waals surface area contributed by atoms with Crippen molar-refractivity contribution in [2.75, 3.05) is 52.5 Å². The fraction of sp³-hybridized carbons (Fsp3) is 0.400. The van der Waals surface area contributed by atoms with E-state index in [1.807, 2.05) is 19.9 Å². The number of hydrogen-bond acceptors (Lipinski definition) is 9. The highest BCUT2D eigenvalue weighted by atomic mass is 32.1. The number of rotatable bonds is 22. The number of unbranched alkanes of at least 4 members (excludes halogenated alkanes) is 3. The zero-order valence-corrected chi connectivity index (χ0v) is 40.8. The van der Waals surface area contributed by atoms with Crippen LogP contribution in [0.3, 0.4) is 0 Å². The van der Waals surface area contributed by atoms with Crippen molar-refractivity contribution in [1.82, 2.24) is 34.8 Å². The fourth-order valence-electron chi connectivity index (χ4n) is 9.70. The van der Waals surface area contributed by atoms with Crippen LogP contribution in [0.25, 0.3) is 54.4 Å². The zero-order valence-electron chi connectivity index (χ0n) is 40.0. The van der Waals surface area contributed by atoms with E-state index in [1.54, 1.807) is 23.5 Å². The lowest BCUT2D eigenvalue weighted by atomic mass is 10.0. The van der Waals surface area contributed by atoms with Gasteiger partial charge in [-0.15, -0.1) is 11.3 Å². The molecule has 1 aliphatic rings. The van der Waals surface area contributed by atoms with Crippen molar-refractivity contribution in [3.63, 3.8) is 0 Å². The molecule has 1 fully saturated rings. The third kappa shape index (κ3) is 11.0. The summed E-state index contributed by atoms with van der Waals surface area (Å²) in [6.45, 7) is 16.5. The van der Waals surface area contributed by atoms with Gasteiger partial charge in [-0.25, -0.2) is 9.37 Å². The molecule has 4 aromatic heterocycles. The van der Waals surface area contributed by atoms with Gasteiger partial charge in [0, 0.05) is 84.4 Å². The van der Waals surface area contributed by atoms with Crippen LogP contribution in [0.15, 0.2) is 88.8 Å². The minimum atomic E-state index is -0.409. The van der Waals surface area contributed by atoms with E-state index in [0.29, 0.717) is 25.8 Å². The van der Waals surface area contributed by atoms with Gasteiger partial charge in [-0.2, -0.15) is 0 Å². The Kier molecular flexibility index (Phi) is 15.3. The number of amides is 1. The zero-order chi connectivity index (χ0) is 47.0. The van der Waals surface area contributed by atoms with E-state index >= 15 is 4.39 Å². The molecule has 1 saturated heterocycles. The van der Waals surface area contributed by atoms with E-state index in [0.717, 1.165) is 130 Å². The number of fused-ring (bicyclic) bond motifs is 4. The van der Waals surface area contributed by atoms with Crippen molar-refractivity contribution in [1.29, 1.82) is 0 Å². The summed E-state index contributed by atoms with van der Waals surface area (Å²) in [6, 6.07) is 27.5. The predicted octanol–water partition coefficient (Wildman–Crippen LogP) is 11.0. The van der Waals surface area contributed by atoms with Crippen LogP contribution in [0.4, 0.5) is 4.39 Å². The lowest BCUT2D eigenvalue weighted by molar-refractivity contribution is -0.121. The molecule has 0 unspecified atom stereocenters. The molecule has 5 heterocycles. The number of ether oxygens (including phenoxy) is 2. The van der Waals surface area contributed by atoms with Gasteiger partial charge in [0.15, 0.2) is 11.6 Å². The van der Waals surface area contributed by atoms with Gasteiger partial charge in [-0.3, -0.25) is 9.69 Å². The lowest BCUT2D eigenvalue weighted by Gasteiger charge is -2.27. The molecule has 0 bridgehead atoms. The minimum absolute atomic E-state index is 0.00360. The summed E-state index contributed by atoms with van der Waals surface area (Å²) in [5.41, 5.74) is 12.2. The first kappa shape index (κ1) is 47.2. The maximum Gasteiger partial charge on any atom is 0.220 e. The van der Waals surface area contributed by atoms with Gasteiger partial charge in [0.2, 0.25) is 5.91 Å². The van der Waals surface area contributed by atoms with Gasteiger partial charge < -0.3 is 33.8 Å². The molecular weight excluding hydrogens is 874 g/mol. The topological polar surface area (TPSA) is 112 Å². The molecule has 0 spiro atoms. The minimum Gasteiger partial charge on any atom is -0.489 e. The van der Waals surface area contributed by atoms with Crippen molar-refractivity contribution in [3.8, 4) is 27.3 Å². The maximum atomic E-state index is 15.3. The standard InChI is InChI=1S/C55H64FN7O4S/c1-5-62-48-17-11-41(31-45(48)44-16-14-42(34-50(44)62)52-30-37(2)36-68-52)35-57-21-9-7-6-8-10-54(64)58-22-27-66-51-19-12-40(32-46(51)56)13-20-53-59-47-33-43(55-38(3)60-67-39(55)4)15-18-49(47)63(53)24-23-61-25-28-65-29-26-61/h11-12,14-19,30-34,36,57H,5-10,13,20-29,35H2,1-4H3,(H,58,64). The summed E-state index contributed by atoms with van der Waals surface area (Å²) >= 11 is 1.80. The SMILES string of the molecule is CCn1c2ccc(CNCCCCCCC(=O)NCCOc3ccc(CCc4nc5cc(-c6c(C)noc6C)ccc5n4CCN4CCOCC4)cc3F)cc2c2ccc(-c3cc(C)cs3)cc21. The van der Waals surface area contributed by atoms with Crippen LogP contribution in [-0.4, -0.2) is 82.6 Å². The number of aromatic nitrogens is 4. The van der Waals surface area contributed by atoms with Crippen LogP contribution in [0.2, 0.25) is 0 Å². The van der Waals surface area contributed by atoms with Crippen molar-refractivity contribution < 1.29 is 23.2 Å². The second kappa shape index (κ2) is 22.1. The Morgan fingerprint density at radius 3 is 2.43 bits per heavy atom. The summed E-state index contributed by atoms with van der Waals surface area (Å²) in [6.07, 6.45) is 5.71. The number of carbonyl (C=O) groups is 1. The molecule has 68 heavy (non-hydrogen) atoms. The summed E-state index contributed by atoms with van der Waals surface area (Å²) in [7, 11) is 0. The van der Waals surface area contributed by atoms with E-state index in [-0.39, 0.29) is 18.3 Å². The fourth-order valence-corrected chi connectivity index (χ4v) is 10.6. The number of imidazole rings is 1. The van der Waals surface area contributed by atoms with Gasteiger partial charge in [0.1, 0.15) is 18.2 Å². The third-order valence-electron chi connectivity index (χ3n) is 13.3. The number of hydrogen-bond donors (Lipinski definition) is 2.